The van der Waals surface area contributed by atoms with Gasteiger partial charge in [-0.3, -0.25) is 4.79 Å². The van der Waals surface area contributed by atoms with Crippen LogP contribution in [0.25, 0.3) is 0 Å². The Hall–Kier alpha value is -1.67. The second kappa shape index (κ2) is 5.98. The Morgan fingerprint density at radius 2 is 2.14 bits per heavy atom. The van der Waals surface area contributed by atoms with E-state index in [0.29, 0.717) is 18.2 Å². The molecule has 1 N–H and O–H groups in total. The molecule has 4 nitrogen and oxygen atoms in total. The van der Waals surface area contributed by atoms with Gasteiger partial charge in [0.05, 0.1) is 37.0 Å². The molecule has 1 atom stereocenters. The van der Waals surface area contributed by atoms with E-state index in [-0.39, 0.29) is 19.8 Å². The van der Waals surface area contributed by atoms with Gasteiger partial charge in [-0.2, -0.15) is 13.2 Å². The van der Waals surface area contributed by atoms with E-state index in [0.717, 1.165) is 4.90 Å². The highest BCUT2D eigenvalue weighted by molar-refractivity contribution is 5.95. The summed E-state index contributed by atoms with van der Waals surface area (Å²) < 4.78 is 56.7. The maximum absolute atomic E-state index is 13.7. The molecule has 0 aromatic heterocycles. The van der Waals surface area contributed by atoms with Crippen molar-refractivity contribution in [2.75, 3.05) is 26.4 Å². The van der Waals surface area contributed by atoms with Crippen molar-refractivity contribution in [3.63, 3.8) is 0 Å². The number of benzene rings is 1. The molecule has 1 aromatic carbocycles. The van der Waals surface area contributed by atoms with Crippen LogP contribution in [0.1, 0.15) is 15.9 Å². The SMILES string of the molecule is O=C(c1cc(C(F)(F)F)ccc1F)N1CCOCC1CO. The van der Waals surface area contributed by atoms with Crippen molar-refractivity contribution in [1.29, 1.82) is 0 Å². The molecule has 1 heterocycles. The van der Waals surface area contributed by atoms with Crippen molar-refractivity contribution < 1.29 is 32.2 Å². The lowest BCUT2D eigenvalue weighted by Crippen LogP contribution is -2.50. The summed E-state index contributed by atoms with van der Waals surface area (Å²) in [5.41, 5.74) is -1.76. The van der Waals surface area contributed by atoms with Crippen molar-refractivity contribution in [2.45, 2.75) is 12.2 Å². The molecule has 1 saturated heterocycles. The van der Waals surface area contributed by atoms with E-state index < -0.39 is 41.7 Å². The highest BCUT2D eigenvalue weighted by Gasteiger charge is 2.34. The summed E-state index contributed by atoms with van der Waals surface area (Å²) in [6, 6.07) is 0.987. The lowest BCUT2D eigenvalue weighted by molar-refractivity contribution is -0.137. The molecule has 8 heteroatoms. The average molecular weight is 307 g/mol. The van der Waals surface area contributed by atoms with Gasteiger partial charge in [-0.1, -0.05) is 0 Å². The monoisotopic (exact) mass is 307 g/mol. The zero-order valence-corrected chi connectivity index (χ0v) is 10.9. The third kappa shape index (κ3) is 3.33. The van der Waals surface area contributed by atoms with E-state index in [1.54, 1.807) is 0 Å². The molecule has 0 saturated carbocycles. The predicted molar refractivity (Wildman–Crippen MR) is 64.1 cm³/mol. The van der Waals surface area contributed by atoms with Gasteiger partial charge >= 0.3 is 6.18 Å². The maximum Gasteiger partial charge on any atom is 0.416 e. The number of hydrogen-bond acceptors (Lipinski definition) is 3. The molecule has 1 amide bonds. The summed E-state index contributed by atoms with van der Waals surface area (Å²) in [4.78, 5) is 13.3. The molecule has 0 aliphatic carbocycles. The molecule has 1 aliphatic heterocycles. The highest BCUT2D eigenvalue weighted by atomic mass is 19.4. The summed E-state index contributed by atoms with van der Waals surface area (Å²) in [7, 11) is 0. The molecule has 1 unspecified atom stereocenters. The normalized spacial score (nSPS) is 19.7. The van der Waals surface area contributed by atoms with E-state index in [4.69, 9.17) is 9.84 Å². The molecule has 21 heavy (non-hydrogen) atoms. The van der Waals surface area contributed by atoms with Crippen LogP contribution in [0.5, 0.6) is 0 Å². The quantitative estimate of drug-likeness (QED) is 0.846. The summed E-state index contributed by atoms with van der Waals surface area (Å²) in [6.07, 6.45) is -4.66. The first kappa shape index (κ1) is 15.7. The molecule has 2 rings (SSSR count). The Bertz CT molecular complexity index is 533. The number of amides is 1. The van der Waals surface area contributed by atoms with Gasteiger partial charge in [-0.05, 0) is 18.2 Å². The van der Waals surface area contributed by atoms with Crippen LogP contribution >= 0.6 is 0 Å². The first-order valence-electron chi connectivity index (χ1n) is 6.21. The topological polar surface area (TPSA) is 49.8 Å². The molecule has 1 aliphatic rings. The number of ether oxygens (including phenoxy) is 1. The van der Waals surface area contributed by atoms with Crippen LogP contribution in [0.4, 0.5) is 17.6 Å². The van der Waals surface area contributed by atoms with Gasteiger partial charge in [-0.15, -0.1) is 0 Å². The molecule has 1 fully saturated rings. The molecule has 0 bridgehead atoms. The Morgan fingerprint density at radius 3 is 2.76 bits per heavy atom. The van der Waals surface area contributed by atoms with E-state index in [9.17, 15) is 22.4 Å². The summed E-state index contributed by atoms with van der Waals surface area (Å²) in [6.45, 7) is -0.0856. The number of morpholine rings is 1. The van der Waals surface area contributed by atoms with Gasteiger partial charge in [0.25, 0.3) is 5.91 Å². The Labute approximate surface area is 117 Å². The molecule has 1 aromatic rings. The second-order valence-electron chi connectivity index (χ2n) is 4.60. The zero-order chi connectivity index (χ0) is 15.6. The number of rotatable bonds is 2. The van der Waals surface area contributed by atoms with Gasteiger partial charge in [0.1, 0.15) is 5.82 Å². The van der Waals surface area contributed by atoms with Crippen LogP contribution in [0.15, 0.2) is 18.2 Å². The summed E-state index contributed by atoms with van der Waals surface area (Å²) >= 11 is 0. The smallest absolute Gasteiger partial charge is 0.394 e. The van der Waals surface area contributed by atoms with Crippen molar-refractivity contribution in [3.05, 3.63) is 35.1 Å². The molecular weight excluding hydrogens is 294 g/mol. The standard InChI is InChI=1S/C13H13F4NO3/c14-11-2-1-8(13(15,16)17)5-10(11)12(20)18-3-4-21-7-9(18)6-19/h1-2,5,9,19H,3-4,6-7H2. The molecular formula is C13H13F4NO3. The summed E-state index contributed by atoms with van der Waals surface area (Å²) in [5.74, 6) is -1.92. The molecule has 0 radical (unpaired) electrons. The minimum atomic E-state index is -4.66. The highest BCUT2D eigenvalue weighted by Crippen LogP contribution is 2.30. The number of alkyl halides is 3. The fraction of sp³-hybridized carbons (Fsp3) is 0.462. The van der Waals surface area contributed by atoms with E-state index in [1.165, 1.54) is 0 Å². The van der Waals surface area contributed by atoms with Gasteiger partial charge < -0.3 is 14.7 Å². The van der Waals surface area contributed by atoms with Crippen LogP contribution < -0.4 is 0 Å². The van der Waals surface area contributed by atoms with E-state index in [2.05, 4.69) is 0 Å². The fourth-order valence-corrected chi connectivity index (χ4v) is 2.09. The molecule has 116 valence electrons. The maximum atomic E-state index is 13.7. The number of carbonyl (C=O) groups is 1. The van der Waals surface area contributed by atoms with Crippen LogP contribution in [0.3, 0.4) is 0 Å². The van der Waals surface area contributed by atoms with Gasteiger partial charge in [-0.25, -0.2) is 4.39 Å². The minimum absolute atomic E-state index is 0.0584. The Kier molecular flexibility index (Phi) is 4.48. The third-order valence-electron chi connectivity index (χ3n) is 3.22. The van der Waals surface area contributed by atoms with Gasteiger partial charge in [0.2, 0.25) is 0 Å². The third-order valence-corrected chi connectivity index (χ3v) is 3.22. The number of aliphatic hydroxyl groups is 1. The minimum Gasteiger partial charge on any atom is -0.394 e. The van der Waals surface area contributed by atoms with Crippen molar-refractivity contribution >= 4 is 5.91 Å². The number of halogens is 4. The van der Waals surface area contributed by atoms with Crippen molar-refractivity contribution in [3.8, 4) is 0 Å². The lowest BCUT2D eigenvalue weighted by atomic mass is 10.1. The van der Waals surface area contributed by atoms with Crippen LogP contribution in [0, 0.1) is 5.82 Å². The largest absolute Gasteiger partial charge is 0.416 e. The lowest BCUT2D eigenvalue weighted by Gasteiger charge is -2.34. The fourth-order valence-electron chi connectivity index (χ4n) is 2.09. The number of aliphatic hydroxyl groups excluding tert-OH is 1. The summed E-state index contributed by atoms with van der Waals surface area (Å²) in [5, 5.41) is 9.16. The van der Waals surface area contributed by atoms with Crippen LogP contribution in [0.2, 0.25) is 0 Å². The van der Waals surface area contributed by atoms with Crippen LogP contribution in [-0.2, 0) is 10.9 Å². The predicted octanol–water partition coefficient (Wildman–Crippen LogP) is 1.68. The van der Waals surface area contributed by atoms with E-state index in [1.807, 2.05) is 0 Å². The molecule has 0 spiro atoms. The first-order chi connectivity index (χ1) is 9.84. The number of hydrogen-bond donors (Lipinski definition) is 1. The second-order valence-corrected chi connectivity index (χ2v) is 4.60. The Morgan fingerprint density at radius 1 is 1.43 bits per heavy atom. The number of nitrogens with zero attached hydrogens (tertiary/aromatic N) is 1. The number of carbonyl (C=O) groups excluding carboxylic acids is 1. The van der Waals surface area contributed by atoms with E-state index >= 15 is 0 Å². The van der Waals surface area contributed by atoms with Crippen LogP contribution in [-0.4, -0.2) is 48.3 Å². The van der Waals surface area contributed by atoms with Gasteiger partial charge in [0, 0.05) is 6.54 Å². The van der Waals surface area contributed by atoms with Crippen molar-refractivity contribution in [2.24, 2.45) is 0 Å². The van der Waals surface area contributed by atoms with Crippen molar-refractivity contribution in [1.82, 2.24) is 4.90 Å². The first-order valence-corrected chi connectivity index (χ1v) is 6.21. The van der Waals surface area contributed by atoms with Gasteiger partial charge in [0.15, 0.2) is 0 Å². The zero-order valence-electron chi connectivity index (χ0n) is 10.9. The Balaban J connectivity index is 2.33. The average Bonchev–Trinajstić information content (AvgIpc) is 2.45.